The summed E-state index contributed by atoms with van der Waals surface area (Å²) in [5, 5.41) is 13.7. The summed E-state index contributed by atoms with van der Waals surface area (Å²) < 4.78 is 0.734. The Morgan fingerprint density at radius 2 is 2.17 bits per heavy atom. The topological polar surface area (TPSA) is 120 Å². The van der Waals surface area contributed by atoms with Crippen molar-refractivity contribution in [3.05, 3.63) is 39.4 Å². The molecule has 0 bridgehead atoms. The van der Waals surface area contributed by atoms with E-state index in [1.807, 2.05) is 0 Å². The molecule has 2 rings (SSSR count). The molecule has 8 nitrogen and oxygen atoms in total. The molecule has 18 heavy (non-hydrogen) atoms. The molecule has 0 unspecified atom stereocenters. The van der Waals surface area contributed by atoms with Crippen LogP contribution in [0.15, 0.2) is 29.3 Å². The number of nitrogens with two attached hydrogens (primary N) is 1. The highest BCUT2D eigenvalue weighted by Gasteiger charge is 2.20. The Kier molecular flexibility index (Phi) is 3.33. The van der Waals surface area contributed by atoms with E-state index < -0.39 is 4.92 Å². The summed E-state index contributed by atoms with van der Waals surface area (Å²) in [5.74, 6) is -0.173. The van der Waals surface area contributed by atoms with Crippen molar-refractivity contribution in [3.8, 4) is 0 Å². The Labute approximate surface area is 110 Å². The molecule has 2 aromatic heterocycles. The normalized spacial score (nSPS) is 10.1. The fraction of sp³-hybridized carbons (Fsp3) is 0. The molecule has 9 heteroatoms. The third-order valence-corrected chi connectivity index (χ3v) is 2.43. The fourth-order valence-corrected chi connectivity index (χ4v) is 1.65. The summed E-state index contributed by atoms with van der Waals surface area (Å²) in [4.78, 5) is 21.5. The van der Waals surface area contributed by atoms with Gasteiger partial charge in [0, 0.05) is 10.7 Å². The molecule has 0 saturated heterocycles. The number of nitrogen functional groups attached to an aromatic ring is 1. The Bertz CT molecular complexity index is 605. The van der Waals surface area contributed by atoms with Crippen LogP contribution in [0.2, 0.25) is 0 Å². The van der Waals surface area contributed by atoms with Crippen LogP contribution in [0, 0.1) is 10.1 Å². The van der Waals surface area contributed by atoms with E-state index >= 15 is 0 Å². The minimum absolute atomic E-state index is 0.0207. The standard InChI is InChI=1S/C9H7BrN6O2/c10-5-1-6(3-12-2-5)15-9-7(16(17)18)8(11)13-4-14-9/h1-4H,(H3,11,13,14,15). The van der Waals surface area contributed by atoms with E-state index in [0.29, 0.717) is 5.69 Å². The van der Waals surface area contributed by atoms with Crippen molar-refractivity contribution in [2.45, 2.75) is 0 Å². The maximum absolute atomic E-state index is 10.9. The molecule has 0 saturated carbocycles. The summed E-state index contributed by atoms with van der Waals surface area (Å²) in [6.45, 7) is 0. The third kappa shape index (κ3) is 2.51. The maximum Gasteiger partial charge on any atom is 0.353 e. The largest absolute Gasteiger partial charge is 0.378 e. The predicted molar refractivity (Wildman–Crippen MR) is 68.3 cm³/mol. The first kappa shape index (κ1) is 12.2. The smallest absolute Gasteiger partial charge is 0.353 e. The number of aromatic nitrogens is 3. The van der Waals surface area contributed by atoms with E-state index in [2.05, 4.69) is 36.2 Å². The maximum atomic E-state index is 10.9. The average Bonchev–Trinajstić information content (AvgIpc) is 2.28. The molecular weight excluding hydrogens is 304 g/mol. The number of nitro groups is 1. The first-order chi connectivity index (χ1) is 8.58. The molecule has 0 spiro atoms. The molecule has 0 fully saturated rings. The van der Waals surface area contributed by atoms with Crippen LogP contribution in [0.3, 0.4) is 0 Å². The second-order valence-corrected chi connectivity index (χ2v) is 4.15. The van der Waals surface area contributed by atoms with E-state index in [1.54, 1.807) is 12.3 Å². The molecule has 0 aliphatic carbocycles. The van der Waals surface area contributed by atoms with Crippen molar-refractivity contribution in [1.29, 1.82) is 0 Å². The van der Waals surface area contributed by atoms with E-state index in [9.17, 15) is 10.1 Å². The zero-order valence-electron chi connectivity index (χ0n) is 8.87. The lowest BCUT2D eigenvalue weighted by Gasteiger charge is -2.06. The van der Waals surface area contributed by atoms with Crippen molar-refractivity contribution in [1.82, 2.24) is 15.0 Å². The van der Waals surface area contributed by atoms with Crippen LogP contribution in [0.25, 0.3) is 0 Å². The number of hydrogen-bond acceptors (Lipinski definition) is 7. The lowest BCUT2D eigenvalue weighted by atomic mass is 10.4. The fourth-order valence-electron chi connectivity index (χ4n) is 1.28. The minimum atomic E-state index is -0.636. The van der Waals surface area contributed by atoms with Gasteiger partial charge in [0.05, 0.1) is 16.8 Å². The van der Waals surface area contributed by atoms with E-state index in [0.717, 1.165) is 10.8 Å². The van der Waals surface area contributed by atoms with Gasteiger partial charge >= 0.3 is 5.69 Å². The summed E-state index contributed by atoms with van der Waals surface area (Å²) in [5.41, 5.74) is 5.63. The van der Waals surface area contributed by atoms with Crippen molar-refractivity contribution in [2.75, 3.05) is 11.1 Å². The van der Waals surface area contributed by atoms with Crippen LogP contribution in [0.5, 0.6) is 0 Å². The number of rotatable bonds is 3. The Balaban J connectivity index is 2.40. The van der Waals surface area contributed by atoms with Gasteiger partial charge in [0.25, 0.3) is 0 Å². The summed E-state index contributed by atoms with van der Waals surface area (Å²) in [6.07, 6.45) is 4.25. The second-order valence-electron chi connectivity index (χ2n) is 3.23. The molecule has 0 atom stereocenters. The molecule has 3 N–H and O–H groups in total. The molecule has 0 aliphatic rings. The summed E-state index contributed by atoms with van der Waals surface area (Å²) in [7, 11) is 0. The molecule has 0 aromatic carbocycles. The molecule has 0 radical (unpaired) electrons. The van der Waals surface area contributed by atoms with Crippen molar-refractivity contribution < 1.29 is 4.92 Å². The van der Waals surface area contributed by atoms with Crippen LogP contribution >= 0.6 is 15.9 Å². The van der Waals surface area contributed by atoms with Crippen LogP contribution in [-0.4, -0.2) is 19.9 Å². The van der Waals surface area contributed by atoms with Crippen LogP contribution in [-0.2, 0) is 0 Å². The second kappa shape index (κ2) is 4.92. The number of nitrogens with zero attached hydrogens (tertiary/aromatic N) is 4. The lowest BCUT2D eigenvalue weighted by Crippen LogP contribution is -2.05. The highest BCUT2D eigenvalue weighted by Crippen LogP contribution is 2.29. The third-order valence-electron chi connectivity index (χ3n) is 2.00. The van der Waals surface area contributed by atoms with Gasteiger partial charge < -0.3 is 11.1 Å². The first-order valence-corrected chi connectivity index (χ1v) is 5.49. The Morgan fingerprint density at radius 1 is 1.39 bits per heavy atom. The Hall–Kier alpha value is -2.29. The van der Waals surface area contributed by atoms with Gasteiger partial charge in [0.2, 0.25) is 11.6 Å². The van der Waals surface area contributed by atoms with Crippen molar-refractivity contribution in [2.24, 2.45) is 0 Å². The van der Waals surface area contributed by atoms with Crippen LogP contribution in [0.4, 0.5) is 23.0 Å². The van der Waals surface area contributed by atoms with Gasteiger partial charge in [-0.2, -0.15) is 0 Å². The number of halogens is 1. The number of anilines is 3. The number of pyridine rings is 1. The quantitative estimate of drug-likeness (QED) is 0.655. The molecule has 2 aromatic rings. The van der Waals surface area contributed by atoms with Gasteiger partial charge in [-0.15, -0.1) is 0 Å². The molecule has 0 aliphatic heterocycles. The van der Waals surface area contributed by atoms with Gasteiger partial charge in [-0.3, -0.25) is 15.1 Å². The van der Waals surface area contributed by atoms with Crippen LogP contribution < -0.4 is 11.1 Å². The molecular formula is C9H7BrN6O2. The predicted octanol–water partition coefficient (Wildman–Crippen LogP) is 1.87. The highest BCUT2D eigenvalue weighted by atomic mass is 79.9. The molecule has 92 valence electrons. The highest BCUT2D eigenvalue weighted by molar-refractivity contribution is 9.10. The first-order valence-electron chi connectivity index (χ1n) is 4.70. The van der Waals surface area contributed by atoms with Crippen molar-refractivity contribution in [3.63, 3.8) is 0 Å². The lowest BCUT2D eigenvalue weighted by molar-refractivity contribution is -0.383. The summed E-state index contributed by atoms with van der Waals surface area (Å²) >= 11 is 3.24. The zero-order chi connectivity index (χ0) is 13.1. The zero-order valence-corrected chi connectivity index (χ0v) is 10.5. The van der Waals surface area contributed by atoms with E-state index in [1.165, 1.54) is 6.20 Å². The van der Waals surface area contributed by atoms with Crippen LogP contribution in [0.1, 0.15) is 0 Å². The average molecular weight is 311 g/mol. The van der Waals surface area contributed by atoms with Gasteiger partial charge in [0.15, 0.2) is 0 Å². The molecule has 0 amide bonds. The van der Waals surface area contributed by atoms with Gasteiger partial charge in [-0.25, -0.2) is 9.97 Å². The van der Waals surface area contributed by atoms with E-state index in [-0.39, 0.29) is 17.3 Å². The number of hydrogen-bond donors (Lipinski definition) is 2. The van der Waals surface area contributed by atoms with Crippen molar-refractivity contribution >= 4 is 38.9 Å². The monoisotopic (exact) mass is 310 g/mol. The minimum Gasteiger partial charge on any atom is -0.378 e. The van der Waals surface area contributed by atoms with Gasteiger partial charge in [0.1, 0.15) is 6.33 Å². The van der Waals surface area contributed by atoms with Gasteiger partial charge in [-0.1, -0.05) is 0 Å². The van der Waals surface area contributed by atoms with E-state index in [4.69, 9.17) is 5.73 Å². The number of nitrogens with one attached hydrogen (secondary N) is 1. The SMILES string of the molecule is Nc1ncnc(Nc2cncc(Br)c2)c1[N+](=O)[O-]. The summed E-state index contributed by atoms with van der Waals surface area (Å²) in [6, 6.07) is 1.70. The molecule has 2 heterocycles. The van der Waals surface area contributed by atoms with Gasteiger partial charge in [-0.05, 0) is 22.0 Å². The Morgan fingerprint density at radius 3 is 2.83 bits per heavy atom.